The summed E-state index contributed by atoms with van der Waals surface area (Å²) in [5, 5.41) is 0. The first-order chi connectivity index (χ1) is 9.17. The van der Waals surface area contributed by atoms with E-state index in [4.69, 9.17) is 9.47 Å². The highest BCUT2D eigenvalue weighted by molar-refractivity contribution is 5.88. The SMILES string of the molecule is C=CCOC(=O)/C=C/c1ccccc1OC(=O)C=C. The van der Waals surface area contributed by atoms with Crippen LogP contribution in [0.15, 0.2) is 55.7 Å². The Bertz CT molecular complexity index is 515. The van der Waals surface area contributed by atoms with Crippen molar-refractivity contribution in [2.24, 2.45) is 0 Å². The average molecular weight is 258 g/mol. The summed E-state index contributed by atoms with van der Waals surface area (Å²) in [6.45, 7) is 6.91. The Morgan fingerprint density at radius 2 is 1.89 bits per heavy atom. The molecule has 1 rings (SSSR count). The van der Waals surface area contributed by atoms with Crippen LogP contribution in [0.25, 0.3) is 6.08 Å². The number of hydrogen-bond donors (Lipinski definition) is 0. The molecule has 0 aliphatic carbocycles. The Hall–Kier alpha value is -2.62. The summed E-state index contributed by atoms with van der Waals surface area (Å²) in [6.07, 6.45) is 5.31. The van der Waals surface area contributed by atoms with Crippen molar-refractivity contribution in [1.29, 1.82) is 0 Å². The van der Waals surface area contributed by atoms with Gasteiger partial charge >= 0.3 is 11.9 Å². The first-order valence-electron chi connectivity index (χ1n) is 5.56. The molecule has 0 aliphatic heterocycles. The number of ether oxygens (including phenoxy) is 2. The molecule has 0 spiro atoms. The van der Waals surface area contributed by atoms with Crippen LogP contribution in [0, 0.1) is 0 Å². The van der Waals surface area contributed by atoms with Crippen LogP contribution in [0.1, 0.15) is 5.56 Å². The Morgan fingerprint density at radius 3 is 2.58 bits per heavy atom. The van der Waals surface area contributed by atoms with Crippen LogP contribution in [0.4, 0.5) is 0 Å². The molecule has 0 bridgehead atoms. The van der Waals surface area contributed by atoms with Crippen molar-refractivity contribution in [1.82, 2.24) is 0 Å². The molecule has 1 aromatic carbocycles. The highest BCUT2D eigenvalue weighted by Crippen LogP contribution is 2.19. The Morgan fingerprint density at radius 1 is 1.16 bits per heavy atom. The van der Waals surface area contributed by atoms with Crippen molar-refractivity contribution in [3.8, 4) is 5.75 Å². The lowest BCUT2D eigenvalue weighted by molar-refractivity contribution is -0.136. The van der Waals surface area contributed by atoms with Crippen LogP contribution in [-0.4, -0.2) is 18.5 Å². The monoisotopic (exact) mass is 258 g/mol. The molecular formula is C15H14O4. The molecule has 0 aliphatic rings. The first-order valence-corrected chi connectivity index (χ1v) is 5.56. The van der Waals surface area contributed by atoms with Crippen molar-refractivity contribution >= 4 is 18.0 Å². The summed E-state index contributed by atoms with van der Waals surface area (Å²) in [5.74, 6) is -0.708. The Labute approximate surface area is 111 Å². The fraction of sp³-hybridized carbons (Fsp3) is 0.0667. The molecule has 0 atom stereocenters. The van der Waals surface area contributed by atoms with Gasteiger partial charge < -0.3 is 9.47 Å². The number of benzene rings is 1. The van der Waals surface area contributed by atoms with E-state index in [2.05, 4.69) is 13.2 Å². The highest BCUT2D eigenvalue weighted by Gasteiger charge is 2.04. The van der Waals surface area contributed by atoms with Crippen LogP contribution in [0.5, 0.6) is 5.75 Å². The Balaban J connectivity index is 2.79. The average Bonchev–Trinajstić information content (AvgIpc) is 2.44. The van der Waals surface area contributed by atoms with Gasteiger partial charge in [0.05, 0.1) is 0 Å². The van der Waals surface area contributed by atoms with Crippen LogP contribution in [-0.2, 0) is 14.3 Å². The van der Waals surface area contributed by atoms with E-state index < -0.39 is 11.9 Å². The fourth-order valence-electron chi connectivity index (χ4n) is 1.21. The van der Waals surface area contributed by atoms with Gasteiger partial charge in [0, 0.05) is 17.7 Å². The minimum Gasteiger partial charge on any atom is -0.458 e. The van der Waals surface area contributed by atoms with Gasteiger partial charge in [-0.2, -0.15) is 0 Å². The minimum absolute atomic E-state index is 0.149. The topological polar surface area (TPSA) is 52.6 Å². The van der Waals surface area contributed by atoms with Crippen LogP contribution < -0.4 is 4.74 Å². The molecule has 0 N–H and O–H groups in total. The third kappa shape index (κ3) is 5.04. The van der Waals surface area contributed by atoms with E-state index >= 15 is 0 Å². The molecule has 0 heterocycles. The van der Waals surface area contributed by atoms with Gasteiger partial charge in [-0.1, -0.05) is 37.4 Å². The predicted molar refractivity (Wildman–Crippen MR) is 72.5 cm³/mol. The molecule has 0 radical (unpaired) electrons. The molecule has 0 unspecified atom stereocenters. The van der Waals surface area contributed by atoms with Gasteiger partial charge in [-0.15, -0.1) is 0 Å². The lowest BCUT2D eigenvalue weighted by atomic mass is 10.2. The molecule has 4 nitrogen and oxygen atoms in total. The van der Waals surface area contributed by atoms with E-state index in [0.29, 0.717) is 11.3 Å². The second-order valence-corrected chi connectivity index (χ2v) is 3.42. The van der Waals surface area contributed by atoms with E-state index in [1.54, 1.807) is 24.3 Å². The van der Waals surface area contributed by atoms with Gasteiger partial charge in [0.25, 0.3) is 0 Å². The van der Waals surface area contributed by atoms with Crippen molar-refractivity contribution in [3.63, 3.8) is 0 Å². The zero-order valence-electron chi connectivity index (χ0n) is 10.4. The second kappa shape index (κ2) is 7.66. The van der Waals surface area contributed by atoms with Gasteiger partial charge in [-0.25, -0.2) is 9.59 Å². The van der Waals surface area contributed by atoms with Gasteiger partial charge in [0.2, 0.25) is 0 Å². The number of esters is 2. The number of para-hydroxylation sites is 1. The molecule has 0 amide bonds. The Kier molecular flexibility index (Phi) is 5.82. The van der Waals surface area contributed by atoms with Crippen molar-refractivity contribution in [2.75, 3.05) is 6.61 Å². The maximum absolute atomic E-state index is 11.3. The lowest BCUT2D eigenvalue weighted by Crippen LogP contribution is -2.04. The van der Waals surface area contributed by atoms with Crippen LogP contribution in [0.3, 0.4) is 0 Å². The maximum Gasteiger partial charge on any atom is 0.335 e. The number of carbonyl (C=O) groups excluding carboxylic acids is 2. The summed E-state index contributed by atoms with van der Waals surface area (Å²) in [6, 6.07) is 6.82. The third-order valence-corrected chi connectivity index (χ3v) is 2.04. The standard InChI is InChI=1S/C15H14O4/c1-3-11-18-15(17)10-9-12-7-5-6-8-13(12)19-14(16)4-2/h3-10H,1-2,11H2/b10-9+. The molecule has 4 heteroatoms. The molecule has 0 saturated carbocycles. The van der Waals surface area contributed by atoms with E-state index in [0.717, 1.165) is 6.08 Å². The number of rotatable bonds is 6. The van der Waals surface area contributed by atoms with Gasteiger partial charge in [0.1, 0.15) is 12.4 Å². The summed E-state index contributed by atoms with van der Waals surface area (Å²) >= 11 is 0. The summed E-state index contributed by atoms with van der Waals surface area (Å²) in [4.78, 5) is 22.4. The van der Waals surface area contributed by atoms with E-state index in [9.17, 15) is 9.59 Å². The quantitative estimate of drug-likeness (QED) is 0.340. The summed E-state index contributed by atoms with van der Waals surface area (Å²) in [5.41, 5.74) is 0.591. The molecule has 0 aromatic heterocycles. The minimum atomic E-state index is -0.560. The second-order valence-electron chi connectivity index (χ2n) is 3.42. The maximum atomic E-state index is 11.3. The van der Waals surface area contributed by atoms with Gasteiger partial charge in [-0.05, 0) is 12.1 Å². The largest absolute Gasteiger partial charge is 0.458 e. The van der Waals surface area contributed by atoms with Crippen LogP contribution >= 0.6 is 0 Å². The lowest BCUT2D eigenvalue weighted by Gasteiger charge is -2.04. The fourth-order valence-corrected chi connectivity index (χ4v) is 1.21. The molecule has 19 heavy (non-hydrogen) atoms. The molecule has 0 saturated heterocycles. The number of hydrogen-bond acceptors (Lipinski definition) is 4. The van der Waals surface area contributed by atoms with Gasteiger partial charge in [0.15, 0.2) is 0 Å². The zero-order valence-corrected chi connectivity index (χ0v) is 10.4. The van der Waals surface area contributed by atoms with Crippen molar-refractivity contribution < 1.29 is 19.1 Å². The summed E-state index contributed by atoms with van der Waals surface area (Å²) in [7, 11) is 0. The number of carbonyl (C=O) groups is 2. The molecule has 0 fully saturated rings. The smallest absolute Gasteiger partial charge is 0.335 e. The predicted octanol–water partition coefficient (Wildman–Crippen LogP) is 2.52. The zero-order chi connectivity index (χ0) is 14.1. The van der Waals surface area contributed by atoms with E-state index in [1.165, 1.54) is 18.2 Å². The third-order valence-electron chi connectivity index (χ3n) is 2.04. The van der Waals surface area contributed by atoms with E-state index in [1.807, 2.05) is 0 Å². The summed E-state index contributed by atoms with van der Waals surface area (Å²) < 4.78 is 9.82. The van der Waals surface area contributed by atoms with E-state index in [-0.39, 0.29) is 6.61 Å². The highest BCUT2D eigenvalue weighted by atomic mass is 16.5. The van der Waals surface area contributed by atoms with Crippen molar-refractivity contribution in [3.05, 3.63) is 61.2 Å². The van der Waals surface area contributed by atoms with Gasteiger partial charge in [-0.3, -0.25) is 0 Å². The van der Waals surface area contributed by atoms with Crippen molar-refractivity contribution in [2.45, 2.75) is 0 Å². The molecular weight excluding hydrogens is 244 g/mol. The normalized spacial score (nSPS) is 9.89. The first kappa shape index (κ1) is 14.4. The van der Waals surface area contributed by atoms with Crippen LogP contribution in [0.2, 0.25) is 0 Å². The molecule has 1 aromatic rings. The molecule has 98 valence electrons.